The Morgan fingerprint density at radius 2 is 1.95 bits per heavy atom. The Morgan fingerprint density at radius 1 is 1.32 bits per heavy atom. The maximum Gasteiger partial charge on any atom is 0.339 e. The first-order chi connectivity index (χ1) is 10.4. The zero-order valence-electron chi connectivity index (χ0n) is 12.5. The molecular formula is C15H17N3O4. The second-order valence-corrected chi connectivity index (χ2v) is 4.84. The van der Waals surface area contributed by atoms with Crippen molar-refractivity contribution in [3.05, 3.63) is 47.3 Å². The van der Waals surface area contributed by atoms with E-state index in [-0.39, 0.29) is 17.3 Å². The first-order valence-electron chi connectivity index (χ1n) is 6.64. The van der Waals surface area contributed by atoms with Gasteiger partial charge in [0.05, 0.1) is 13.2 Å². The molecule has 0 radical (unpaired) electrons. The molecular weight excluding hydrogens is 286 g/mol. The van der Waals surface area contributed by atoms with Crippen LogP contribution in [-0.2, 0) is 7.05 Å². The molecule has 0 fully saturated rings. The summed E-state index contributed by atoms with van der Waals surface area (Å²) in [6.45, 7) is 1.81. The highest BCUT2D eigenvalue weighted by Gasteiger charge is 2.22. The first-order valence-corrected chi connectivity index (χ1v) is 6.64. The number of nitrogens with one attached hydrogen (secondary N) is 1. The van der Waals surface area contributed by atoms with Crippen molar-refractivity contribution in [1.29, 1.82) is 0 Å². The second-order valence-electron chi connectivity index (χ2n) is 4.84. The second kappa shape index (κ2) is 6.30. The molecule has 1 heterocycles. The largest absolute Gasteiger partial charge is 0.497 e. The van der Waals surface area contributed by atoms with Crippen molar-refractivity contribution in [2.75, 3.05) is 7.11 Å². The van der Waals surface area contributed by atoms with E-state index in [0.717, 1.165) is 11.3 Å². The van der Waals surface area contributed by atoms with E-state index in [1.54, 1.807) is 26.3 Å². The number of aryl methyl sites for hydroxylation is 1. The fraction of sp³-hybridized carbons (Fsp3) is 0.267. The zero-order valence-corrected chi connectivity index (χ0v) is 12.5. The van der Waals surface area contributed by atoms with Gasteiger partial charge in [0.2, 0.25) is 0 Å². The Balaban J connectivity index is 2.15. The van der Waals surface area contributed by atoms with Crippen LogP contribution in [0.25, 0.3) is 0 Å². The average Bonchev–Trinajstić information content (AvgIpc) is 2.89. The zero-order chi connectivity index (χ0) is 16.3. The molecule has 0 aliphatic heterocycles. The van der Waals surface area contributed by atoms with Crippen LogP contribution in [0.3, 0.4) is 0 Å². The number of carboxylic acid groups (broad SMARTS) is 1. The minimum Gasteiger partial charge on any atom is -0.497 e. The van der Waals surface area contributed by atoms with Crippen molar-refractivity contribution in [3.63, 3.8) is 0 Å². The van der Waals surface area contributed by atoms with E-state index < -0.39 is 11.9 Å². The monoisotopic (exact) mass is 303 g/mol. The van der Waals surface area contributed by atoms with Crippen LogP contribution in [0.5, 0.6) is 5.75 Å². The van der Waals surface area contributed by atoms with Crippen LogP contribution < -0.4 is 10.1 Å². The molecule has 0 unspecified atom stereocenters. The summed E-state index contributed by atoms with van der Waals surface area (Å²) in [7, 11) is 3.14. The Kier molecular flexibility index (Phi) is 4.45. The van der Waals surface area contributed by atoms with Gasteiger partial charge in [0, 0.05) is 13.2 Å². The molecule has 1 amide bonds. The summed E-state index contributed by atoms with van der Waals surface area (Å²) in [6, 6.07) is 6.96. The number of methoxy groups -OCH3 is 1. The summed E-state index contributed by atoms with van der Waals surface area (Å²) in [6.07, 6.45) is 1.30. The molecule has 0 saturated carbocycles. The number of carbonyl (C=O) groups is 2. The minimum atomic E-state index is -1.18. The van der Waals surface area contributed by atoms with Gasteiger partial charge in [-0.3, -0.25) is 9.48 Å². The van der Waals surface area contributed by atoms with Gasteiger partial charge in [-0.15, -0.1) is 0 Å². The number of carbonyl (C=O) groups excluding carboxylic acids is 1. The number of ether oxygens (including phenoxy) is 1. The van der Waals surface area contributed by atoms with Gasteiger partial charge in [-0.1, -0.05) is 12.1 Å². The molecule has 2 rings (SSSR count). The van der Waals surface area contributed by atoms with Crippen LogP contribution in [0.4, 0.5) is 0 Å². The molecule has 2 N–H and O–H groups in total. The summed E-state index contributed by atoms with van der Waals surface area (Å²) >= 11 is 0. The molecule has 1 aromatic heterocycles. The molecule has 0 spiro atoms. The molecule has 2 aromatic rings. The fourth-order valence-electron chi connectivity index (χ4n) is 2.05. The minimum absolute atomic E-state index is 0.102. The van der Waals surface area contributed by atoms with Crippen LogP contribution >= 0.6 is 0 Å². The number of benzene rings is 1. The van der Waals surface area contributed by atoms with Gasteiger partial charge in [-0.2, -0.15) is 5.10 Å². The van der Waals surface area contributed by atoms with E-state index in [9.17, 15) is 9.59 Å². The Morgan fingerprint density at radius 3 is 2.50 bits per heavy atom. The highest BCUT2D eigenvalue weighted by molar-refractivity contribution is 6.03. The lowest BCUT2D eigenvalue weighted by molar-refractivity contribution is 0.0690. The predicted molar refractivity (Wildman–Crippen MR) is 79.0 cm³/mol. The van der Waals surface area contributed by atoms with E-state index in [0.29, 0.717) is 0 Å². The molecule has 7 nitrogen and oxygen atoms in total. The van der Waals surface area contributed by atoms with Gasteiger partial charge in [0.25, 0.3) is 5.91 Å². The topological polar surface area (TPSA) is 93.5 Å². The van der Waals surface area contributed by atoms with Crippen molar-refractivity contribution < 1.29 is 19.4 Å². The smallest absolute Gasteiger partial charge is 0.339 e. The Labute approximate surface area is 127 Å². The molecule has 22 heavy (non-hydrogen) atoms. The quantitative estimate of drug-likeness (QED) is 0.875. The van der Waals surface area contributed by atoms with Gasteiger partial charge >= 0.3 is 5.97 Å². The lowest BCUT2D eigenvalue weighted by atomic mass is 10.1. The molecule has 0 bridgehead atoms. The molecule has 1 aromatic carbocycles. The molecule has 116 valence electrons. The molecule has 0 aliphatic carbocycles. The van der Waals surface area contributed by atoms with Crippen LogP contribution in [0.15, 0.2) is 30.5 Å². The number of aromatic carboxylic acids is 1. The summed E-state index contributed by atoms with van der Waals surface area (Å²) in [5.74, 6) is -0.989. The summed E-state index contributed by atoms with van der Waals surface area (Å²) in [5.41, 5.74) is 0.652. The van der Waals surface area contributed by atoms with E-state index in [4.69, 9.17) is 9.84 Å². The molecule has 0 aliphatic rings. The Bertz CT molecular complexity index is 691. The first kappa shape index (κ1) is 15.6. The maximum absolute atomic E-state index is 12.2. The lowest BCUT2D eigenvalue weighted by Crippen LogP contribution is -2.28. The van der Waals surface area contributed by atoms with Gasteiger partial charge in [0.15, 0.2) is 5.69 Å². The van der Waals surface area contributed by atoms with E-state index in [1.807, 2.05) is 19.1 Å². The van der Waals surface area contributed by atoms with Crippen molar-refractivity contribution in [1.82, 2.24) is 15.1 Å². The third kappa shape index (κ3) is 3.25. The van der Waals surface area contributed by atoms with Gasteiger partial charge in [0.1, 0.15) is 11.3 Å². The standard InChI is InChI=1S/C15H17N3O4/c1-9(10-4-6-11(22-3)7-5-10)16-14(19)13-12(15(20)21)8-18(2)17-13/h4-9H,1-3H3,(H,16,19)(H,20,21)/t9-/m1/s1. The number of hydrogen-bond acceptors (Lipinski definition) is 4. The van der Waals surface area contributed by atoms with Crippen molar-refractivity contribution in [2.45, 2.75) is 13.0 Å². The van der Waals surface area contributed by atoms with Crippen molar-refractivity contribution >= 4 is 11.9 Å². The predicted octanol–water partition coefficient (Wildman–Crippen LogP) is 1.62. The maximum atomic E-state index is 12.2. The molecule has 1 atom stereocenters. The Hall–Kier alpha value is -2.83. The number of hydrogen-bond donors (Lipinski definition) is 2. The fourth-order valence-corrected chi connectivity index (χ4v) is 2.05. The summed E-state index contributed by atoms with van der Waals surface area (Å²) in [5, 5.41) is 15.7. The number of carboxylic acids is 1. The normalized spacial score (nSPS) is 11.8. The number of rotatable bonds is 5. The summed E-state index contributed by atoms with van der Waals surface area (Å²) < 4.78 is 6.38. The van der Waals surface area contributed by atoms with E-state index in [1.165, 1.54) is 10.9 Å². The van der Waals surface area contributed by atoms with Crippen LogP contribution in [-0.4, -0.2) is 33.9 Å². The van der Waals surface area contributed by atoms with Gasteiger partial charge in [-0.05, 0) is 24.6 Å². The van der Waals surface area contributed by atoms with E-state index >= 15 is 0 Å². The number of aromatic nitrogens is 2. The van der Waals surface area contributed by atoms with Crippen LogP contribution in [0.2, 0.25) is 0 Å². The van der Waals surface area contributed by atoms with Crippen LogP contribution in [0, 0.1) is 0 Å². The van der Waals surface area contributed by atoms with E-state index in [2.05, 4.69) is 10.4 Å². The van der Waals surface area contributed by atoms with Gasteiger partial charge in [-0.25, -0.2) is 4.79 Å². The third-order valence-electron chi connectivity index (χ3n) is 3.24. The highest BCUT2D eigenvalue weighted by atomic mass is 16.5. The molecule has 0 saturated heterocycles. The SMILES string of the molecule is COc1ccc([C@@H](C)NC(=O)c2nn(C)cc2C(=O)O)cc1. The number of amides is 1. The summed E-state index contributed by atoms with van der Waals surface area (Å²) in [4.78, 5) is 23.3. The molecule has 7 heteroatoms. The van der Waals surface area contributed by atoms with Crippen LogP contribution in [0.1, 0.15) is 39.4 Å². The van der Waals surface area contributed by atoms with Gasteiger partial charge < -0.3 is 15.2 Å². The van der Waals surface area contributed by atoms with Crippen molar-refractivity contribution in [2.24, 2.45) is 7.05 Å². The number of nitrogens with zero attached hydrogens (tertiary/aromatic N) is 2. The third-order valence-corrected chi connectivity index (χ3v) is 3.24. The average molecular weight is 303 g/mol. The van der Waals surface area contributed by atoms with Crippen molar-refractivity contribution in [3.8, 4) is 5.75 Å². The highest BCUT2D eigenvalue weighted by Crippen LogP contribution is 2.18. The lowest BCUT2D eigenvalue weighted by Gasteiger charge is -2.14.